The van der Waals surface area contributed by atoms with Gasteiger partial charge in [-0.15, -0.1) is 0 Å². The van der Waals surface area contributed by atoms with E-state index in [1.54, 1.807) is 17.9 Å². The molecule has 2 aliphatic heterocycles. The van der Waals surface area contributed by atoms with E-state index in [-0.39, 0.29) is 18.4 Å². The fourth-order valence-corrected chi connectivity index (χ4v) is 3.58. The van der Waals surface area contributed by atoms with Crippen LogP contribution in [0.15, 0.2) is 36.4 Å². The van der Waals surface area contributed by atoms with Crippen molar-refractivity contribution in [3.63, 3.8) is 0 Å². The van der Waals surface area contributed by atoms with E-state index >= 15 is 0 Å². The molecule has 8 nitrogen and oxygen atoms in total. The van der Waals surface area contributed by atoms with E-state index in [0.717, 1.165) is 36.7 Å². The standard InChI is InChI=1S/C20H21N3O5/c1-14-10-16(3-4-17(14)23(25)26)20(24)22-8-6-21(7-9-22)12-15-2-5-18-19(11-15)28-13-27-18/h2-5,10-11H,6-9,12-13H2,1H3. The minimum Gasteiger partial charge on any atom is -0.454 e. The highest BCUT2D eigenvalue weighted by Crippen LogP contribution is 2.32. The highest BCUT2D eigenvalue weighted by Gasteiger charge is 2.24. The Kier molecular flexibility index (Phi) is 4.87. The predicted molar refractivity (Wildman–Crippen MR) is 102 cm³/mol. The smallest absolute Gasteiger partial charge is 0.272 e. The Hall–Kier alpha value is -3.13. The number of carbonyl (C=O) groups excluding carboxylic acids is 1. The summed E-state index contributed by atoms with van der Waals surface area (Å²) in [6.45, 7) is 5.49. The van der Waals surface area contributed by atoms with Crippen LogP contribution < -0.4 is 9.47 Å². The molecule has 0 N–H and O–H groups in total. The van der Waals surface area contributed by atoms with Gasteiger partial charge >= 0.3 is 0 Å². The second-order valence-corrected chi connectivity index (χ2v) is 7.01. The number of nitro groups is 1. The van der Waals surface area contributed by atoms with Gasteiger partial charge in [0.1, 0.15) is 0 Å². The summed E-state index contributed by atoms with van der Waals surface area (Å²) in [6, 6.07) is 10.5. The van der Waals surface area contributed by atoms with Gasteiger partial charge in [0, 0.05) is 49.9 Å². The molecule has 28 heavy (non-hydrogen) atoms. The average molecular weight is 383 g/mol. The lowest BCUT2D eigenvalue weighted by Gasteiger charge is -2.34. The number of aryl methyl sites for hydroxylation is 1. The highest BCUT2D eigenvalue weighted by molar-refractivity contribution is 5.94. The molecule has 0 bridgehead atoms. The monoisotopic (exact) mass is 383 g/mol. The molecular weight excluding hydrogens is 362 g/mol. The summed E-state index contributed by atoms with van der Waals surface area (Å²) in [4.78, 5) is 27.3. The van der Waals surface area contributed by atoms with Crippen molar-refractivity contribution in [1.82, 2.24) is 9.80 Å². The highest BCUT2D eigenvalue weighted by atomic mass is 16.7. The van der Waals surface area contributed by atoms with Gasteiger partial charge in [-0.05, 0) is 36.8 Å². The number of nitrogens with zero attached hydrogens (tertiary/aromatic N) is 3. The number of carbonyl (C=O) groups is 1. The maximum atomic E-state index is 12.7. The van der Waals surface area contributed by atoms with Crippen molar-refractivity contribution in [2.45, 2.75) is 13.5 Å². The lowest BCUT2D eigenvalue weighted by molar-refractivity contribution is -0.385. The topological polar surface area (TPSA) is 85.2 Å². The number of fused-ring (bicyclic) bond motifs is 1. The first kappa shape index (κ1) is 18.2. The summed E-state index contributed by atoms with van der Waals surface area (Å²) in [7, 11) is 0. The first-order chi connectivity index (χ1) is 13.5. The third-order valence-corrected chi connectivity index (χ3v) is 5.14. The number of rotatable bonds is 4. The van der Waals surface area contributed by atoms with Crippen molar-refractivity contribution in [1.29, 1.82) is 0 Å². The molecule has 0 aliphatic carbocycles. The van der Waals surface area contributed by atoms with E-state index in [2.05, 4.69) is 4.90 Å². The number of benzene rings is 2. The summed E-state index contributed by atoms with van der Waals surface area (Å²) >= 11 is 0. The van der Waals surface area contributed by atoms with Gasteiger partial charge in [0.2, 0.25) is 6.79 Å². The summed E-state index contributed by atoms with van der Waals surface area (Å²) < 4.78 is 10.8. The van der Waals surface area contributed by atoms with Crippen LogP contribution in [0.3, 0.4) is 0 Å². The lowest BCUT2D eigenvalue weighted by atomic mass is 10.1. The molecule has 2 heterocycles. The number of hydrogen-bond acceptors (Lipinski definition) is 6. The Morgan fingerprint density at radius 2 is 1.82 bits per heavy atom. The minimum absolute atomic E-state index is 0.0325. The zero-order chi connectivity index (χ0) is 19.7. The van der Waals surface area contributed by atoms with Crippen molar-refractivity contribution in [3.05, 3.63) is 63.2 Å². The minimum atomic E-state index is -0.432. The molecule has 0 aromatic heterocycles. The normalized spacial score (nSPS) is 16.2. The number of hydrogen-bond donors (Lipinski definition) is 0. The van der Waals surface area contributed by atoms with Gasteiger partial charge in [-0.2, -0.15) is 0 Å². The van der Waals surface area contributed by atoms with Gasteiger partial charge in [0.15, 0.2) is 11.5 Å². The molecular formula is C20H21N3O5. The van der Waals surface area contributed by atoms with Crippen LogP contribution in [-0.4, -0.2) is 53.6 Å². The summed E-state index contributed by atoms with van der Waals surface area (Å²) in [5.41, 5.74) is 2.17. The molecule has 0 radical (unpaired) electrons. The molecule has 2 aromatic rings. The van der Waals surface area contributed by atoms with E-state index in [1.807, 2.05) is 18.2 Å². The number of nitro benzene ring substituents is 1. The third-order valence-electron chi connectivity index (χ3n) is 5.14. The van der Waals surface area contributed by atoms with Crippen LogP contribution in [-0.2, 0) is 6.54 Å². The fourth-order valence-electron chi connectivity index (χ4n) is 3.58. The van der Waals surface area contributed by atoms with Gasteiger partial charge in [-0.1, -0.05) is 6.07 Å². The Balaban J connectivity index is 1.35. The van der Waals surface area contributed by atoms with Crippen molar-refractivity contribution < 1.29 is 19.2 Å². The molecule has 1 saturated heterocycles. The quantitative estimate of drug-likeness (QED) is 0.596. The van der Waals surface area contributed by atoms with Gasteiger partial charge in [0.05, 0.1) is 4.92 Å². The molecule has 2 aliphatic rings. The average Bonchev–Trinajstić information content (AvgIpc) is 3.15. The molecule has 0 unspecified atom stereocenters. The zero-order valence-electron chi connectivity index (χ0n) is 15.6. The Labute approximate surface area is 162 Å². The van der Waals surface area contributed by atoms with E-state index in [0.29, 0.717) is 24.2 Å². The number of ether oxygens (including phenoxy) is 2. The van der Waals surface area contributed by atoms with Crippen LogP contribution in [0, 0.1) is 17.0 Å². The first-order valence-corrected chi connectivity index (χ1v) is 9.16. The summed E-state index contributed by atoms with van der Waals surface area (Å²) in [5.74, 6) is 1.47. The fraction of sp³-hybridized carbons (Fsp3) is 0.350. The van der Waals surface area contributed by atoms with Gasteiger partial charge < -0.3 is 14.4 Å². The second-order valence-electron chi connectivity index (χ2n) is 7.01. The summed E-state index contributed by atoms with van der Waals surface area (Å²) in [6.07, 6.45) is 0. The van der Waals surface area contributed by atoms with E-state index in [1.165, 1.54) is 12.1 Å². The molecule has 0 saturated carbocycles. The third kappa shape index (κ3) is 3.63. The van der Waals surface area contributed by atoms with Gasteiger partial charge in [-0.25, -0.2) is 0 Å². The van der Waals surface area contributed by atoms with Crippen molar-refractivity contribution in [2.24, 2.45) is 0 Å². The van der Waals surface area contributed by atoms with Crippen molar-refractivity contribution in [2.75, 3.05) is 33.0 Å². The molecule has 0 atom stereocenters. The molecule has 2 aromatic carbocycles. The van der Waals surface area contributed by atoms with Crippen LogP contribution >= 0.6 is 0 Å². The SMILES string of the molecule is Cc1cc(C(=O)N2CCN(Cc3ccc4c(c3)OCO4)CC2)ccc1[N+](=O)[O-]. The number of amides is 1. The van der Waals surface area contributed by atoms with Crippen LogP contribution in [0.1, 0.15) is 21.5 Å². The van der Waals surface area contributed by atoms with E-state index < -0.39 is 4.92 Å². The Bertz CT molecular complexity index is 922. The molecule has 1 amide bonds. The predicted octanol–water partition coefficient (Wildman–Crippen LogP) is 2.59. The molecule has 8 heteroatoms. The maximum Gasteiger partial charge on any atom is 0.272 e. The molecule has 4 rings (SSSR count). The van der Waals surface area contributed by atoms with Crippen molar-refractivity contribution in [3.8, 4) is 11.5 Å². The Morgan fingerprint density at radius 1 is 1.07 bits per heavy atom. The van der Waals surface area contributed by atoms with Gasteiger partial charge in [-0.3, -0.25) is 19.8 Å². The van der Waals surface area contributed by atoms with Crippen LogP contribution in [0.5, 0.6) is 11.5 Å². The molecule has 1 fully saturated rings. The zero-order valence-corrected chi connectivity index (χ0v) is 15.6. The lowest BCUT2D eigenvalue weighted by Crippen LogP contribution is -2.48. The maximum absolute atomic E-state index is 12.7. The van der Waals surface area contributed by atoms with E-state index in [9.17, 15) is 14.9 Å². The first-order valence-electron chi connectivity index (χ1n) is 9.16. The molecule has 0 spiro atoms. The van der Waals surface area contributed by atoms with Crippen LogP contribution in [0.4, 0.5) is 5.69 Å². The van der Waals surface area contributed by atoms with Crippen molar-refractivity contribution >= 4 is 11.6 Å². The van der Waals surface area contributed by atoms with Gasteiger partial charge in [0.25, 0.3) is 11.6 Å². The Morgan fingerprint density at radius 3 is 2.54 bits per heavy atom. The largest absolute Gasteiger partial charge is 0.454 e. The van der Waals surface area contributed by atoms with Crippen LogP contribution in [0.25, 0.3) is 0 Å². The van der Waals surface area contributed by atoms with Crippen LogP contribution in [0.2, 0.25) is 0 Å². The molecule has 146 valence electrons. The second kappa shape index (κ2) is 7.47. The van der Waals surface area contributed by atoms with E-state index in [4.69, 9.17) is 9.47 Å². The number of piperazine rings is 1. The summed E-state index contributed by atoms with van der Waals surface area (Å²) in [5, 5.41) is 10.9.